The SMILES string of the molecule is COc1cc(N)cc(CS(=O)(=O)c2cccc(OC)c2)c1. The maximum atomic E-state index is 12.4. The lowest BCUT2D eigenvalue weighted by Gasteiger charge is -2.09. The summed E-state index contributed by atoms with van der Waals surface area (Å²) in [7, 11) is -0.475. The Morgan fingerprint density at radius 3 is 2.38 bits per heavy atom. The number of rotatable bonds is 5. The molecule has 0 saturated heterocycles. The van der Waals surface area contributed by atoms with Gasteiger partial charge in [0.05, 0.1) is 24.9 Å². The maximum Gasteiger partial charge on any atom is 0.182 e. The Labute approximate surface area is 124 Å². The largest absolute Gasteiger partial charge is 0.497 e. The van der Waals surface area contributed by atoms with Gasteiger partial charge in [-0.25, -0.2) is 8.42 Å². The van der Waals surface area contributed by atoms with Crippen LogP contribution in [0.2, 0.25) is 0 Å². The average Bonchev–Trinajstić information content (AvgIpc) is 2.46. The van der Waals surface area contributed by atoms with Crippen LogP contribution in [0.25, 0.3) is 0 Å². The quantitative estimate of drug-likeness (QED) is 0.857. The molecule has 0 fully saturated rings. The summed E-state index contributed by atoms with van der Waals surface area (Å²) in [5, 5.41) is 0. The van der Waals surface area contributed by atoms with Crippen LogP contribution in [-0.4, -0.2) is 22.6 Å². The van der Waals surface area contributed by atoms with Crippen LogP contribution in [0, 0.1) is 0 Å². The van der Waals surface area contributed by atoms with Crippen LogP contribution in [0.15, 0.2) is 47.4 Å². The summed E-state index contributed by atoms with van der Waals surface area (Å²) in [6.07, 6.45) is 0. The fraction of sp³-hybridized carbons (Fsp3) is 0.200. The van der Waals surface area contributed by atoms with Crippen LogP contribution in [0.4, 0.5) is 5.69 Å². The molecule has 2 N–H and O–H groups in total. The number of benzene rings is 2. The van der Waals surface area contributed by atoms with Gasteiger partial charge in [-0.15, -0.1) is 0 Å². The second-order valence-electron chi connectivity index (χ2n) is 4.55. The molecule has 0 aliphatic heterocycles. The van der Waals surface area contributed by atoms with E-state index in [1.807, 2.05) is 0 Å². The number of nitrogens with two attached hydrogens (primary N) is 1. The van der Waals surface area contributed by atoms with Crippen LogP contribution >= 0.6 is 0 Å². The van der Waals surface area contributed by atoms with Gasteiger partial charge in [-0.2, -0.15) is 0 Å². The Bertz CT molecular complexity index is 741. The number of anilines is 1. The maximum absolute atomic E-state index is 12.4. The summed E-state index contributed by atoms with van der Waals surface area (Å²) in [6, 6.07) is 11.3. The predicted molar refractivity (Wildman–Crippen MR) is 81.3 cm³/mol. The smallest absolute Gasteiger partial charge is 0.182 e. The minimum Gasteiger partial charge on any atom is -0.497 e. The molecule has 0 atom stereocenters. The van der Waals surface area contributed by atoms with E-state index in [0.29, 0.717) is 22.7 Å². The molecule has 2 rings (SSSR count). The number of hydrogen-bond acceptors (Lipinski definition) is 5. The number of ether oxygens (including phenoxy) is 2. The molecule has 0 aliphatic carbocycles. The second kappa shape index (κ2) is 6.05. The molecule has 0 unspecified atom stereocenters. The first-order valence-corrected chi connectivity index (χ1v) is 7.90. The molecule has 0 heterocycles. The number of methoxy groups -OCH3 is 2. The van der Waals surface area contributed by atoms with Crippen molar-refractivity contribution >= 4 is 15.5 Å². The molecular formula is C15H17NO4S. The minimum atomic E-state index is -3.48. The molecule has 0 aliphatic rings. The van der Waals surface area contributed by atoms with Gasteiger partial charge in [-0.1, -0.05) is 6.07 Å². The van der Waals surface area contributed by atoms with Gasteiger partial charge in [0.2, 0.25) is 0 Å². The zero-order chi connectivity index (χ0) is 15.5. The fourth-order valence-corrected chi connectivity index (χ4v) is 3.34. The zero-order valence-electron chi connectivity index (χ0n) is 11.9. The number of sulfone groups is 1. The van der Waals surface area contributed by atoms with E-state index in [1.165, 1.54) is 20.3 Å². The summed E-state index contributed by atoms with van der Waals surface area (Å²) < 4.78 is 35.0. The third-order valence-corrected chi connectivity index (χ3v) is 4.67. The molecule has 0 aromatic heterocycles. The van der Waals surface area contributed by atoms with Crippen molar-refractivity contribution in [3.63, 3.8) is 0 Å². The second-order valence-corrected chi connectivity index (χ2v) is 6.54. The monoisotopic (exact) mass is 307 g/mol. The van der Waals surface area contributed by atoms with Crippen molar-refractivity contribution in [3.8, 4) is 11.5 Å². The van der Waals surface area contributed by atoms with Crippen molar-refractivity contribution in [2.24, 2.45) is 0 Å². The van der Waals surface area contributed by atoms with Crippen molar-refractivity contribution < 1.29 is 17.9 Å². The Kier molecular flexibility index (Phi) is 4.37. The van der Waals surface area contributed by atoms with Gasteiger partial charge in [0.1, 0.15) is 11.5 Å². The van der Waals surface area contributed by atoms with E-state index >= 15 is 0 Å². The molecule has 0 amide bonds. The lowest BCUT2D eigenvalue weighted by atomic mass is 10.2. The normalized spacial score (nSPS) is 11.1. The Morgan fingerprint density at radius 1 is 1.00 bits per heavy atom. The zero-order valence-corrected chi connectivity index (χ0v) is 12.7. The first-order valence-electron chi connectivity index (χ1n) is 6.25. The lowest BCUT2D eigenvalue weighted by molar-refractivity contribution is 0.413. The number of hydrogen-bond donors (Lipinski definition) is 1. The highest BCUT2D eigenvalue weighted by Gasteiger charge is 2.17. The summed E-state index contributed by atoms with van der Waals surface area (Å²) in [6.45, 7) is 0. The van der Waals surface area contributed by atoms with Crippen molar-refractivity contribution in [2.75, 3.05) is 20.0 Å². The van der Waals surface area contributed by atoms with Crippen molar-refractivity contribution in [2.45, 2.75) is 10.6 Å². The molecule has 21 heavy (non-hydrogen) atoms. The molecule has 2 aromatic carbocycles. The molecule has 0 saturated carbocycles. The van der Waals surface area contributed by atoms with E-state index < -0.39 is 9.84 Å². The average molecular weight is 307 g/mol. The third-order valence-electron chi connectivity index (χ3n) is 2.98. The van der Waals surface area contributed by atoms with Gasteiger partial charge in [0.15, 0.2) is 9.84 Å². The van der Waals surface area contributed by atoms with Crippen LogP contribution in [0.3, 0.4) is 0 Å². The molecule has 5 nitrogen and oxygen atoms in total. The standard InChI is InChI=1S/C15H17NO4S/c1-19-13-4-3-5-15(9-13)21(17,18)10-11-6-12(16)8-14(7-11)20-2/h3-9H,10,16H2,1-2H3. The number of nitrogen functional groups attached to an aromatic ring is 1. The van der Waals surface area contributed by atoms with Crippen LogP contribution in [-0.2, 0) is 15.6 Å². The van der Waals surface area contributed by atoms with Gasteiger partial charge in [-0.3, -0.25) is 0 Å². The highest BCUT2D eigenvalue weighted by Crippen LogP contribution is 2.24. The first-order chi connectivity index (χ1) is 9.94. The summed E-state index contributed by atoms with van der Waals surface area (Å²) >= 11 is 0. The van der Waals surface area contributed by atoms with Crippen LogP contribution < -0.4 is 15.2 Å². The Hall–Kier alpha value is -2.21. The third kappa shape index (κ3) is 3.66. The fourth-order valence-electron chi connectivity index (χ4n) is 1.98. The topological polar surface area (TPSA) is 78.6 Å². The Balaban J connectivity index is 2.34. The van der Waals surface area contributed by atoms with E-state index in [0.717, 1.165) is 0 Å². The molecular weight excluding hydrogens is 290 g/mol. The highest BCUT2D eigenvalue weighted by molar-refractivity contribution is 7.90. The van der Waals surface area contributed by atoms with E-state index in [-0.39, 0.29) is 10.6 Å². The summed E-state index contributed by atoms with van der Waals surface area (Å²) in [5.41, 5.74) is 6.78. The molecule has 0 radical (unpaired) electrons. The van der Waals surface area contributed by atoms with Gasteiger partial charge in [0.25, 0.3) is 0 Å². The van der Waals surface area contributed by atoms with Gasteiger partial charge in [0, 0.05) is 11.8 Å². The summed E-state index contributed by atoms with van der Waals surface area (Å²) in [5.74, 6) is 0.883. The van der Waals surface area contributed by atoms with Crippen molar-refractivity contribution in [1.29, 1.82) is 0 Å². The molecule has 112 valence electrons. The molecule has 6 heteroatoms. The Morgan fingerprint density at radius 2 is 1.71 bits per heavy atom. The molecule has 0 bridgehead atoms. The minimum absolute atomic E-state index is 0.151. The van der Waals surface area contributed by atoms with Crippen molar-refractivity contribution in [3.05, 3.63) is 48.0 Å². The van der Waals surface area contributed by atoms with Gasteiger partial charge in [-0.05, 0) is 35.9 Å². The van der Waals surface area contributed by atoms with E-state index in [1.54, 1.807) is 36.4 Å². The summed E-state index contributed by atoms with van der Waals surface area (Å²) in [4.78, 5) is 0.211. The van der Waals surface area contributed by atoms with Gasteiger partial charge < -0.3 is 15.2 Å². The van der Waals surface area contributed by atoms with Gasteiger partial charge >= 0.3 is 0 Å². The van der Waals surface area contributed by atoms with E-state index in [2.05, 4.69) is 0 Å². The highest BCUT2D eigenvalue weighted by atomic mass is 32.2. The van der Waals surface area contributed by atoms with Crippen LogP contribution in [0.5, 0.6) is 11.5 Å². The van der Waals surface area contributed by atoms with E-state index in [4.69, 9.17) is 15.2 Å². The lowest BCUT2D eigenvalue weighted by Crippen LogP contribution is -2.06. The molecule has 2 aromatic rings. The first kappa shape index (κ1) is 15.2. The van der Waals surface area contributed by atoms with Crippen molar-refractivity contribution in [1.82, 2.24) is 0 Å². The predicted octanol–water partition coefficient (Wildman–Crippen LogP) is 2.26. The van der Waals surface area contributed by atoms with E-state index in [9.17, 15) is 8.42 Å². The van der Waals surface area contributed by atoms with Crippen LogP contribution in [0.1, 0.15) is 5.56 Å². The molecule has 0 spiro atoms.